The number of hydrogen-bond acceptors (Lipinski definition) is 3. The number of nitrogens with zero attached hydrogens (tertiary/aromatic N) is 3. The quantitative estimate of drug-likeness (QED) is 0.792. The van der Waals surface area contributed by atoms with Crippen LogP contribution in [0.2, 0.25) is 0 Å². The van der Waals surface area contributed by atoms with E-state index in [-0.39, 0.29) is 5.91 Å². The van der Waals surface area contributed by atoms with Crippen molar-refractivity contribution in [1.82, 2.24) is 9.80 Å². The van der Waals surface area contributed by atoms with Crippen LogP contribution in [0, 0.1) is 17.2 Å². The summed E-state index contributed by atoms with van der Waals surface area (Å²) in [6, 6.07) is 9.52. The number of carbonyl (C=O) groups is 1. The van der Waals surface area contributed by atoms with Crippen molar-refractivity contribution >= 4 is 12.0 Å². The van der Waals surface area contributed by atoms with Crippen LogP contribution in [0.3, 0.4) is 0 Å². The highest BCUT2D eigenvalue weighted by Crippen LogP contribution is 2.24. The summed E-state index contributed by atoms with van der Waals surface area (Å²) < 4.78 is 0. The fourth-order valence-corrected chi connectivity index (χ4v) is 3.90. The first kappa shape index (κ1) is 17.7. The molecule has 4 heteroatoms. The normalized spacial score (nSPS) is 19.9. The van der Waals surface area contributed by atoms with Gasteiger partial charge in [0.1, 0.15) is 0 Å². The highest BCUT2D eigenvalue weighted by molar-refractivity contribution is 5.92. The zero-order chi connectivity index (χ0) is 17.5. The van der Waals surface area contributed by atoms with E-state index in [1.54, 1.807) is 18.2 Å². The van der Waals surface area contributed by atoms with E-state index in [9.17, 15) is 4.79 Å². The van der Waals surface area contributed by atoms with Crippen molar-refractivity contribution in [2.45, 2.75) is 32.1 Å². The molecule has 4 nitrogen and oxygen atoms in total. The molecule has 1 amide bonds. The van der Waals surface area contributed by atoms with E-state index in [0.29, 0.717) is 5.56 Å². The first-order valence-corrected chi connectivity index (χ1v) is 9.45. The van der Waals surface area contributed by atoms with E-state index in [1.807, 2.05) is 23.1 Å². The van der Waals surface area contributed by atoms with Crippen molar-refractivity contribution in [3.63, 3.8) is 0 Å². The molecule has 0 radical (unpaired) electrons. The lowest BCUT2D eigenvalue weighted by molar-refractivity contribution is -0.127. The number of carbonyl (C=O) groups excluding carboxylic acids is 1. The summed E-state index contributed by atoms with van der Waals surface area (Å²) in [7, 11) is 0. The predicted molar refractivity (Wildman–Crippen MR) is 99.8 cm³/mol. The van der Waals surface area contributed by atoms with Gasteiger partial charge in [-0.2, -0.15) is 5.26 Å². The summed E-state index contributed by atoms with van der Waals surface area (Å²) in [6.45, 7) is 4.76. The summed E-state index contributed by atoms with van der Waals surface area (Å²) >= 11 is 0. The molecule has 1 aliphatic heterocycles. The third-order valence-corrected chi connectivity index (χ3v) is 5.41. The van der Waals surface area contributed by atoms with Gasteiger partial charge in [0.2, 0.25) is 5.91 Å². The Labute approximate surface area is 150 Å². The summed E-state index contributed by atoms with van der Waals surface area (Å²) in [5.41, 5.74) is 1.40. The SMILES string of the molecule is N#Cc1ccccc1C=CC(=O)N1CCN(CC2CCCCC2)CC1. The van der Waals surface area contributed by atoms with Crippen LogP contribution in [0.4, 0.5) is 0 Å². The Bertz CT molecular complexity index is 647. The monoisotopic (exact) mass is 337 g/mol. The molecule has 0 spiro atoms. The number of benzene rings is 1. The molecule has 0 bridgehead atoms. The fourth-order valence-electron chi connectivity index (χ4n) is 3.90. The molecule has 0 atom stereocenters. The summed E-state index contributed by atoms with van der Waals surface area (Å²) in [5, 5.41) is 9.11. The molecular formula is C21H27N3O. The molecule has 0 unspecified atom stereocenters. The van der Waals surface area contributed by atoms with Crippen LogP contribution >= 0.6 is 0 Å². The summed E-state index contributed by atoms with van der Waals surface area (Å²) in [6.07, 6.45) is 10.3. The lowest BCUT2D eigenvalue weighted by atomic mass is 9.89. The van der Waals surface area contributed by atoms with E-state index in [1.165, 1.54) is 38.6 Å². The first-order valence-electron chi connectivity index (χ1n) is 9.45. The van der Waals surface area contributed by atoms with Gasteiger partial charge in [0, 0.05) is 38.8 Å². The van der Waals surface area contributed by atoms with Gasteiger partial charge in [-0.3, -0.25) is 9.69 Å². The number of rotatable bonds is 4. The molecule has 2 aliphatic rings. The Kier molecular flexibility index (Phi) is 6.25. The van der Waals surface area contributed by atoms with Crippen LogP contribution in [-0.2, 0) is 4.79 Å². The van der Waals surface area contributed by atoms with Gasteiger partial charge in [-0.25, -0.2) is 0 Å². The van der Waals surface area contributed by atoms with E-state index in [4.69, 9.17) is 5.26 Å². The van der Waals surface area contributed by atoms with Crippen molar-refractivity contribution in [2.24, 2.45) is 5.92 Å². The topological polar surface area (TPSA) is 47.3 Å². The maximum atomic E-state index is 12.4. The molecule has 2 fully saturated rings. The summed E-state index contributed by atoms with van der Waals surface area (Å²) in [4.78, 5) is 16.8. The van der Waals surface area contributed by atoms with Gasteiger partial charge in [-0.05, 0) is 36.5 Å². The Morgan fingerprint density at radius 1 is 1.12 bits per heavy atom. The van der Waals surface area contributed by atoms with Crippen LogP contribution in [0.5, 0.6) is 0 Å². The zero-order valence-corrected chi connectivity index (χ0v) is 14.9. The van der Waals surface area contributed by atoms with Crippen LogP contribution in [0.15, 0.2) is 30.3 Å². The standard InChI is InChI=1S/C21H27N3O/c22-16-20-9-5-4-8-19(20)10-11-21(25)24-14-12-23(13-15-24)17-18-6-2-1-3-7-18/h4-5,8-11,18H,1-3,6-7,12-15,17H2. The third kappa shape index (κ3) is 4.93. The molecule has 1 aromatic rings. The maximum absolute atomic E-state index is 12.4. The van der Waals surface area contributed by atoms with Crippen molar-refractivity contribution < 1.29 is 4.79 Å². The van der Waals surface area contributed by atoms with E-state index in [2.05, 4.69) is 11.0 Å². The van der Waals surface area contributed by atoms with Gasteiger partial charge in [0.05, 0.1) is 11.6 Å². The number of piperazine rings is 1. The third-order valence-electron chi connectivity index (χ3n) is 5.41. The molecule has 1 saturated heterocycles. The van der Waals surface area contributed by atoms with Crippen molar-refractivity contribution in [3.8, 4) is 6.07 Å². The Hall–Kier alpha value is -2.12. The highest BCUT2D eigenvalue weighted by Gasteiger charge is 2.22. The van der Waals surface area contributed by atoms with Gasteiger partial charge < -0.3 is 4.90 Å². The van der Waals surface area contributed by atoms with Gasteiger partial charge in [-0.1, -0.05) is 37.5 Å². The highest BCUT2D eigenvalue weighted by atomic mass is 16.2. The molecule has 1 saturated carbocycles. The molecule has 25 heavy (non-hydrogen) atoms. The second-order valence-electron chi connectivity index (χ2n) is 7.16. The fraction of sp³-hybridized carbons (Fsp3) is 0.524. The largest absolute Gasteiger partial charge is 0.337 e. The van der Waals surface area contributed by atoms with Crippen molar-refractivity contribution in [3.05, 3.63) is 41.5 Å². The van der Waals surface area contributed by atoms with E-state index < -0.39 is 0 Å². The number of hydrogen-bond donors (Lipinski definition) is 0. The Balaban J connectivity index is 1.48. The average Bonchev–Trinajstić information content (AvgIpc) is 2.67. The number of amides is 1. The molecule has 0 N–H and O–H groups in total. The Morgan fingerprint density at radius 3 is 2.56 bits per heavy atom. The second kappa shape index (κ2) is 8.82. The minimum absolute atomic E-state index is 0.0464. The van der Waals surface area contributed by atoms with Gasteiger partial charge in [0.25, 0.3) is 0 Å². The van der Waals surface area contributed by atoms with Crippen LogP contribution < -0.4 is 0 Å². The molecule has 1 aromatic carbocycles. The minimum atomic E-state index is 0.0464. The molecule has 0 aromatic heterocycles. The molecule has 1 heterocycles. The maximum Gasteiger partial charge on any atom is 0.246 e. The van der Waals surface area contributed by atoms with Crippen molar-refractivity contribution in [2.75, 3.05) is 32.7 Å². The zero-order valence-electron chi connectivity index (χ0n) is 14.9. The first-order chi connectivity index (χ1) is 12.3. The van der Waals surface area contributed by atoms with E-state index >= 15 is 0 Å². The molecule has 1 aliphatic carbocycles. The van der Waals surface area contributed by atoms with Gasteiger partial charge >= 0.3 is 0 Å². The molecule has 3 rings (SSSR count). The second-order valence-corrected chi connectivity index (χ2v) is 7.16. The van der Waals surface area contributed by atoms with Gasteiger partial charge in [-0.15, -0.1) is 0 Å². The number of nitriles is 1. The lowest BCUT2D eigenvalue weighted by Gasteiger charge is -2.36. The van der Waals surface area contributed by atoms with Crippen molar-refractivity contribution in [1.29, 1.82) is 5.26 Å². The molecule has 132 valence electrons. The van der Waals surface area contributed by atoms with Gasteiger partial charge in [0.15, 0.2) is 0 Å². The minimum Gasteiger partial charge on any atom is -0.337 e. The summed E-state index contributed by atoms with van der Waals surface area (Å²) in [5.74, 6) is 0.906. The lowest BCUT2D eigenvalue weighted by Crippen LogP contribution is -2.49. The predicted octanol–water partition coefficient (Wildman–Crippen LogP) is 3.30. The molecular weight excluding hydrogens is 310 g/mol. The average molecular weight is 337 g/mol. The van der Waals surface area contributed by atoms with Crippen LogP contribution in [-0.4, -0.2) is 48.4 Å². The Morgan fingerprint density at radius 2 is 1.84 bits per heavy atom. The van der Waals surface area contributed by atoms with E-state index in [0.717, 1.165) is 37.7 Å². The smallest absolute Gasteiger partial charge is 0.246 e. The van der Waals surface area contributed by atoms with Crippen LogP contribution in [0.1, 0.15) is 43.2 Å². The van der Waals surface area contributed by atoms with Crippen LogP contribution in [0.25, 0.3) is 6.08 Å².